The summed E-state index contributed by atoms with van der Waals surface area (Å²) >= 11 is 1.51. The zero-order valence-electron chi connectivity index (χ0n) is 11.0. The molecule has 0 saturated heterocycles. The van der Waals surface area contributed by atoms with Crippen molar-refractivity contribution in [3.05, 3.63) is 57.5 Å². The van der Waals surface area contributed by atoms with Gasteiger partial charge in [0.1, 0.15) is 5.82 Å². The zero-order valence-corrected chi connectivity index (χ0v) is 11.8. The Morgan fingerprint density at radius 1 is 1.32 bits per heavy atom. The van der Waals surface area contributed by atoms with Crippen molar-refractivity contribution in [1.82, 2.24) is 4.90 Å². The largest absolute Gasteiger partial charge is 0.295 e. The number of carbonyl (C=O) groups excluding carboxylic acids is 1. The van der Waals surface area contributed by atoms with Crippen LogP contribution in [0.3, 0.4) is 0 Å². The Kier molecular flexibility index (Phi) is 4.45. The minimum atomic E-state index is -0.244. The highest BCUT2D eigenvalue weighted by molar-refractivity contribution is 7.14. The van der Waals surface area contributed by atoms with Gasteiger partial charge in [-0.05, 0) is 43.8 Å². The van der Waals surface area contributed by atoms with Gasteiger partial charge >= 0.3 is 0 Å². The van der Waals surface area contributed by atoms with Crippen molar-refractivity contribution < 1.29 is 9.18 Å². The third kappa shape index (κ3) is 3.98. The van der Waals surface area contributed by atoms with Gasteiger partial charge < -0.3 is 0 Å². The molecule has 0 aliphatic heterocycles. The van der Waals surface area contributed by atoms with Crippen LogP contribution in [0.1, 0.15) is 20.1 Å². The molecule has 0 unspecified atom stereocenters. The molecule has 0 aliphatic rings. The fourth-order valence-corrected chi connectivity index (χ4v) is 2.71. The second-order valence-corrected chi connectivity index (χ2v) is 5.92. The first-order valence-electron chi connectivity index (χ1n) is 6.07. The average molecular weight is 277 g/mol. The molecule has 0 atom stereocenters. The molecule has 100 valence electrons. The molecule has 0 spiro atoms. The van der Waals surface area contributed by atoms with Crippen LogP contribution in [0.4, 0.5) is 4.39 Å². The minimum absolute atomic E-state index is 0.108. The summed E-state index contributed by atoms with van der Waals surface area (Å²) in [6.07, 6.45) is 0. The summed E-state index contributed by atoms with van der Waals surface area (Å²) in [5, 5.41) is 0. The van der Waals surface area contributed by atoms with E-state index in [1.54, 1.807) is 6.07 Å². The van der Waals surface area contributed by atoms with E-state index in [9.17, 15) is 9.18 Å². The van der Waals surface area contributed by atoms with Gasteiger partial charge in [-0.25, -0.2) is 4.39 Å². The molecule has 0 bridgehead atoms. The molecule has 0 aliphatic carbocycles. The minimum Gasteiger partial charge on any atom is -0.295 e. The number of halogens is 1. The van der Waals surface area contributed by atoms with Crippen LogP contribution in [0, 0.1) is 12.7 Å². The standard InChI is InChI=1S/C15H16FNOS/c1-11-6-7-15(19-11)14(18)10-17(2)9-12-4-3-5-13(16)8-12/h3-8H,9-10H2,1-2H3. The smallest absolute Gasteiger partial charge is 0.186 e. The van der Waals surface area contributed by atoms with Crippen molar-refractivity contribution in [2.45, 2.75) is 13.5 Å². The van der Waals surface area contributed by atoms with Crippen molar-refractivity contribution in [3.63, 3.8) is 0 Å². The molecule has 2 aromatic rings. The SMILES string of the molecule is Cc1ccc(C(=O)CN(C)Cc2cccc(F)c2)s1. The highest BCUT2D eigenvalue weighted by atomic mass is 32.1. The zero-order chi connectivity index (χ0) is 13.8. The number of benzene rings is 1. The van der Waals surface area contributed by atoms with E-state index in [-0.39, 0.29) is 11.6 Å². The summed E-state index contributed by atoms with van der Waals surface area (Å²) in [5.74, 6) is -0.136. The van der Waals surface area contributed by atoms with Gasteiger partial charge in [-0.2, -0.15) is 0 Å². The summed E-state index contributed by atoms with van der Waals surface area (Å²) in [6.45, 7) is 2.89. The maximum atomic E-state index is 13.1. The van der Waals surface area contributed by atoms with Crippen molar-refractivity contribution in [2.24, 2.45) is 0 Å². The van der Waals surface area contributed by atoms with Crippen molar-refractivity contribution in [3.8, 4) is 0 Å². The van der Waals surface area contributed by atoms with Crippen LogP contribution < -0.4 is 0 Å². The average Bonchev–Trinajstić information content (AvgIpc) is 2.75. The van der Waals surface area contributed by atoms with Crippen LogP contribution >= 0.6 is 11.3 Å². The number of hydrogen-bond donors (Lipinski definition) is 0. The highest BCUT2D eigenvalue weighted by Gasteiger charge is 2.11. The number of rotatable bonds is 5. The first kappa shape index (κ1) is 13.9. The van der Waals surface area contributed by atoms with E-state index in [0.29, 0.717) is 13.1 Å². The first-order valence-corrected chi connectivity index (χ1v) is 6.89. The lowest BCUT2D eigenvalue weighted by molar-refractivity contribution is 0.0947. The van der Waals surface area contributed by atoms with Gasteiger partial charge in [0, 0.05) is 11.4 Å². The molecule has 1 aromatic heterocycles. The lowest BCUT2D eigenvalue weighted by atomic mass is 10.2. The van der Waals surface area contributed by atoms with E-state index < -0.39 is 0 Å². The van der Waals surface area contributed by atoms with Gasteiger partial charge in [-0.15, -0.1) is 11.3 Å². The van der Waals surface area contributed by atoms with Crippen LogP contribution in [0.2, 0.25) is 0 Å². The molecule has 0 fully saturated rings. The van der Waals surface area contributed by atoms with E-state index >= 15 is 0 Å². The van der Waals surface area contributed by atoms with Crippen molar-refractivity contribution in [1.29, 1.82) is 0 Å². The Labute approximate surface area is 116 Å². The summed E-state index contributed by atoms with van der Waals surface area (Å²) in [5.41, 5.74) is 0.873. The predicted molar refractivity (Wildman–Crippen MR) is 76.1 cm³/mol. The molecule has 0 saturated carbocycles. The van der Waals surface area contributed by atoms with Crippen LogP contribution in [0.25, 0.3) is 0 Å². The number of carbonyl (C=O) groups is 1. The van der Waals surface area contributed by atoms with E-state index in [0.717, 1.165) is 15.3 Å². The second-order valence-electron chi connectivity index (χ2n) is 4.64. The number of nitrogens with zero attached hydrogens (tertiary/aromatic N) is 1. The molecule has 0 N–H and O–H groups in total. The number of ketones is 1. The maximum Gasteiger partial charge on any atom is 0.186 e. The summed E-state index contributed by atoms with van der Waals surface area (Å²) in [7, 11) is 1.86. The van der Waals surface area contributed by atoms with Crippen LogP contribution in [0.15, 0.2) is 36.4 Å². The summed E-state index contributed by atoms with van der Waals surface area (Å²) in [6, 6.07) is 10.3. The number of hydrogen-bond acceptors (Lipinski definition) is 3. The third-order valence-electron chi connectivity index (χ3n) is 2.77. The topological polar surface area (TPSA) is 20.3 Å². The fourth-order valence-electron chi connectivity index (χ4n) is 1.91. The fraction of sp³-hybridized carbons (Fsp3) is 0.267. The molecule has 0 radical (unpaired) electrons. The van der Waals surface area contributed by atoms with Crippen molar-refractivity contribution >= 4 is 17.1 Å². The van der Waals surface area contributed by atoms with Crippen molar-refractivity contribution in [2.75, 3.05) is 13.6 Å². The third-order valence-corrected chi connectivity index (χ3v) is 3.81. The maximum absolute atomic E-state index is 13.1. The highest BCUT2D eigenvalue weighted by Crippen LogP contribution is 2.16. The molecular weight excluding hydrogens is 261 g/mol. The lowest BCUT2D eigenvalue weighted by Crippen LogP contribution is -2.25. The van der Waals surface area contributed by atoms with E-state index in [4.69, 9.17) is 0 Å². The van der Waals surface area contributed by atoms with Crippen LogP contribution in [-0.4, -0.2) is 24.3 Å². The molecular formula is C15H16FNOS. The van der Waals surface area contributed by atoms with E-state index in [1.807, 2.05) is 37.1 Å². The molecule has 1 aromatic carbocycles. The molecule has 2 nitrogen and oxygen atoms in total. The number of aryl methyl sites for hydroxylation is 1. The monoisotopic (exact) mass is 277 g/mol. The Morgan fingerprint density at radius 2 is 2.11 bits per heavy atom. The number of likely N-dealkylation sites (N-methyl/N-ethyl adjacent to an activating group) is 1. The predicted octanol–water partition coefficient (Wildman–Crippen LogP) is 3.51. The lowest BCUT2D eigenvalue weighted by Gasteiger charge is -2.15. The van der Waals surface area contributed by atoms with Gasteiger partial charge in [0.25, 0.3) is 0 Å². The second kappa shape index (κ2) is 6.08. The number of Topliss-reactive ketones (excluding diaryl/α,β-unsaturated/α-hetero) is 1. The molecule has 1 heterocycles. The van der Waals surface area contributed by atoms with Gasteiger partial charge in [-0.1, -0.05) is 12.1 Å². The Hall–Kier alpha value is -1.52. The summed E-state index contributed by atoms with van der Waals surface area (Å²) in [4.78, 5) is 15.8. The van der Waals surface area contributed by atoms with Gasteiger partial charge in [0.2, 0.25) is 0 Å². The first-order chi connectivity index (χ1) is 9.04. The molecule has 2 rings (SSSR count). The quantitative estimate of drug-likeness (QED) is 0.779. The molecule has 19 heavy (non-hydrogen) atoms. The Morgan fingerprint density at radius 3 is 2.74 bits per heavy atom. The van der Waals surface area contributed by atoms with Gasteiger partial charge in [-0.3, -0.25) is 9.69 Å². The Bertz CT molecular complexity index is 579. The van der Waals surface area contributed by atoms with Gasteiger partial charge in [0.05, 0.1) is 11.4 Å². The molecule has 4 heteroatoms. The van der Waals surface area contributed by atoms with Crippen LogP contribution in [0.5, 0.6) is 0 Å². The van der Waals surface area contributed by atoms with E-state index in [2.05, 4.69) is 0 Å². The Balaban J connectivity index is 1.94. The summed E-state index contributed by atoms with van der Waals surface area (Å²) < 4.78 is 13.1. The molecule has 0 amide bonds. The normalized spacial score (nSPS) is 10.9. The van der Waals surface area contributed by atoms with Gasteiger partial charge in [0.15, 0.2) is 5.78 Å². The van der Waals surface area contributed by atoms with E-state index in [1.165, 1.54) is 23.5 Å². The van der Waals surface area contributed by atoms with Crippen LogP contribution in [-0.2, 0) is 6.54 Å². The number of thiophene rings is 1.